The second-order valence-corrected chi connectivity index (χ2v) is 4.67. The Morgan fingerprint density at radius 2 is 1.90 bits per heavy atom. The Balaban J connectivity index is 2.28. The van der Waals surface area contributed by atoms with Crippen molar-refractivity contribution in [1.29, 1.82) is 0 Å². The zero-order chi connectivity index (χ0) is 14.5. The average molecular weight is 272 g/mol. The van der Waals surface area contributed by atoms with Crippen molar-refractivity contribution in [2.75, 3.05) is 0 Å². The maximum Gasteiger partial charge on any atom is 0.166 e. The highest BCUT2D eigenvalue weighted by atomic mass is 19.1. The summed E-state index contributed by atoms with van der Waals surface area (Å²) < 4.78 is 19.6. The highest BCUT2D eigenvalue weighted by Crippen LogP contribution is 2.26. The summed E-state index contributed by atoms with van der Waals surface area (Å²) in [5.41, 5.74) is 1.97. The van der Waals surface area contributed by atoms with Crippen molar-refractivity contribution < 1.29 is 13.9 Å². The Bertz CT molecular complexity index is 606. The number of Topliss-reactive ketones (excluding diaryl/α,β-unsaturated/α-hetero) is 1. The Hall–Kier alpha value is -2.16. The van der Waals surface area contributed by atoms with Crippen LogP contribution in [0.2, 0.25) is 0 Å². The van der Waals surface area contributed by atoms with Gasteiger partial charge < -0.3 is 4.74 Å². The minimum atomic E-state index is -0.488. The fourth-order valence-electron chi connectivity index (χ4n) is 2.00. The first-order valence-corrected chi connectivity index (χ1v) is 6.62. The van der Waals surface area contributed by atoms with Gasteiger partial charge in [0.05, 0.1) is 5.56 Å². The number of ether oxygens (including phenoxy) is 1. The van der Waals surface area contributed by atoms with E-state index in [-0.39, 0.29) is 18.1 Å². The van der Waals surface area contributed by atoms with Crippen molar-refractivity contribution in [3.05, 3.63) is 65.0 Å². The molecule has 0 aliphatic heterocycles. The van der Waals surface area contributed by atoms with Gasteiger partial charge in [-0.05, 0) is 30.2 Å². The van der Waals surface area contributed by atoms with Gasteiger partial charge in [-0.3, -0.25) is 4.79 Å². The largest absolute Gasteiger partial charge is 0.485 e. The van der Waals surface area contributed by atoms with E-state index in [1.54, 1.807) is 19.9 Å². The minimum Gasteiger partial charge on any atom is -0.485 e. The molecule has 2 nitrogen and oxygen atoms in total. The average Bonchev–Trinajstić information content (AvgIpc) is 2.46. The van der Waals surface area contributed by atoms with Crippen LogP contribution in [0, 0.1) is 12.7 Å². The van der Waals surface area contributed by atoms with Gasteiger partial charge in [-0.25, -0.2) is 4.39 Å². The van der Waals surface area contributed by atoms with Crippen molar-refractivity contribution in [2.24, 2.45) is 0 Å². The van der Waals surface area contributed by atoms with E-state index in [0.717, 1.165) is 5.56 Å². The van der Waals surface area contributed by atoms with Crippen molar-refractivity contribution in [3.63, 3.8) is 0 Å². The van der Waals surface area contributed by atoms with Crippen LogP contribution in [0.5, 0.6) is 5.75 Å². The number of carbonyl (C=O) groups excluding carboxylic acids is 1. The molecule has 0 saturated heterocycles. The molecule has 0 unspecified atom stereocenters. The summed E-state index contributed by atoms with van der Waals surface area (Å²) in [6, 6.07) is 12.5. The third kappa shape index (κ3) is 3.23. The van der Waals surface area contributed by atoms with Gasteiger partial charge in [-0.15, -0.1) is 0 Å². The molecule has 0 aliphatic rings. The predicted molar refractivity (Wildman–Crippen MR) is 76.5 cm³/mol. The van der Waals surface area contributed by atoms with E-state index in [9.17, 15) is 9.18 Å². The SMILES string of the molecule is CCC(=O)c1cc(C)cc(F)c1OCc1ccccc1. The van der Waals surface area contributed by atoms with Crippen LogP contribution in [0.25, 0.3) is 0 Å². The summed E-state index contributed by atoms with van der Waals surface area (Å²) in [5, 5.41) is 0. The van der Waals surface area contributed by atoms with Gasteiger partial charge in [-0.2, -0.15) is 0 Å². The summed E-state index contributed by atoms with van der Waals surface area (Å²) in [7, 11) is 0. The maximum atomic E-state index is 14.0. The highest BCUT2D eigenvalue weighted by molar-refractivity contribution is 5.98. The zero-order valence-electron chi connectivity index (χ0n) is 11.7. The Morgan fingerprint density at radius 3 is 2.55 bits per heavy atom. The summed E-state index contributed by atoms with van der Waals surface area (Å²) >= 11 is 0. The summed E-state index contributed by atoms with van der Waals surface area (Å²) in [6.45, 7) is 3.75. The Labute approximate surface area is 118 Å². The van der Waals surface area contributed by atoms with Crippen LogP contribution in [0.1, 0.15) is 34.8 Å². The topological polar surface area (TPSA) is 26.3 Å². The van der Waals surface area contributed by atoms with Crippen LogP contribution in [0.3, 0.4) is 0 Å². The normalized spacial score (nSPS) is 10.3. The van der Waals surface area contributed by atoms with Crippen molar-refractivity contribution in [2.45, 2.75) is 26.9 Å². The highest BCUT2D eigenvalue weighted by Gasteiger charge is 2.16. The molecule has 2 rings (SSSR count). The van der Waals surface area contributed by atoms with Crippen LogP contribution < -0.4 is 4.74 Å². The van der Waals surface area contributed by atoms with Crippen LogP contribution in [-0.2, 0) is 6.61 Å². The predicted octanol–water partition coefficient (Wildman–Crippen LogP) is 4.31. The van der Waals surface area contributed by atoms with Gasteiger partial charge in [0.1, 0.15) is 6.61 Å². The van der Waals surface area contributed by atoms with Gasteiger partial charge in [0, 0.05) is 6.42 Å². The second kappa shape index (κ2) is 6.33. The van der Waals surface area contributed by atoms with Crippen LogP contribution >= 0.6 is 0 Å². The third-order valence-electron chi connectivity index (χ3n) is 3.04. The Kier molecular flexibility index (Phi) is 4.51. The number of aryl methyl sites for hydroxylation is 1. The standard InChI is InChI=1S/C17H17FO2/c1-3-16(19)14-9-12(2)10-15(18)17(14)20-11-13-7-5-4-6-8-13/h4-10H,3,11H2,1-2H3. The Morgan fingerprint density at radius 1 is 1.20 bits per heavy atom. The van der Waals surface area contributed by atoms with Crippen molar-refractivity contribution >= 4 is 5.78 Å². The minimum absolute atomic E-state index is 0.0475. The fraction of sp³-hybridized carbons (Fsp3) is 0.235. The quantitative estimate of drug-likeness (QED) is 0.758. The lowest BCUT2D eigenvalue weighted by atomic mass is 10.0. The summed E-state index contributed by atoms with van der Waals surface area (Å²) in [4.78, 5) is 11.9. The third-order valence-corrected chi connectivity index (χ3v) is 3.04. The van der Waals surface area contributed by atoms with E-state index in [4.69, 9.17) is 4.74 Å². The van der Waals surface area contributed by atoms with E-state index in [1.807, 2.05) is 30.3 Å². The smallest absolute Gasteiger partial charge is 0.166 e. The monoisotopic (exact) mass is 272 g/mol. The molecule has 0 atom stereocenters. The summed E-state index contributed by atoms with van der Waals surface area (Å²) in [6.07, 6.45) is 0.324. The molecule has 3 heteroatoms. The number of hydrogen-bond acceptors (Lipinski definition) is 2. The number of ketones is 1. The van der Waals surface area contributed by atoms with Gasteiger partial charge in [-0.1, -0.05) is 37.3 Å². The van der Waals surface area contributed by atoms with E-state index >= 15 is 0 Å². The molecule has 0 fully saturated rings. The van der Waals surface area contributed by atoms with E-state index < -0.39 is 5.82 Å². The van der Waals surface area contributed by atoms with Gasteiger partial charge in [0.25, 0.3) is 0 Å². The lowest BCUT2D eigenvalue weighted by molar-refractivity contribution is 0.0982. The first kappa shape index (κ1) is 14.3. The first-order valence-electron chi connectivity index (χ1n) is 6.62. The van der Waals surface area contributed by atoms with E-state index in [0.29, 0.717) is 17.5 Å². The molecule has 2 aromatic carbocycles. The lowest BCUT2D eigenvalue weighted by Gasteiger charge is -2.12. The number of hydrogen-bond donors (Lipinski definition) is 0. The summed E-state index contributed by atoms with van der Waals surface area (Å²) in [5.74, 6) is -0.556. The lowest BCUT2D eigenvalue weighted by Crippen LogP contribution is -2.06. The molecule has 0 radical (unpaired) electrons. The van der Waals surface area contributed by atoms with Crippen LogP contribution in [0.15, 0.2) is 42.5 Å². The number of benzene rings is 2. The number of carbonyl (C=O) groups is 1. The number of rotatable bonds is 5. The number of halogens is 1. The fourth-order valence-corrected chi connectivity index (χ4v) is 2.00. The molecular weight excluding hydrogens is 255 g/mol. The molecule has 0 bridgehead atoms. The molecule has 0 spiro atoms. The molecule has 0 aromatic heterocycles. The van der Waals surface area contributed by atoms with Crippen molar-refractivity contribution in [3.8, 4) is 5.75 Å². The van der Waals surface area contributed by atoms with E-state index in [2.05, 4.69) is 0 Å². The molecule has 20 heavy (non-hydrogen) atoms. The van der Waals surface area contributed by atoms with Gasteiger partial charge in [0.2, 0.25) is 0 Å². The molecule has 0 N–H and O–H groups in total. The van der Waals surface area contributed by atoms with Gasteiger partial charge >= 0.3 is 0 Å². The molecule has 2 aromatic rings. The molecule has 104 valence electrons. The molecule has 0 saturated carbocycles. The van der Waals surface area contributed by atoms with Crippen LogP contribution in [0.4, 0.5) is 4.39 Å². The molecule has 0 amide bonds. The maximum absolute atomic E-state index is 14.0. The molecular formula is C17H17FO2. The van der Waals surface area contributed by atoms with Gasteiger partial charge in [0.15, 0.2) is 17.3 Å². The zero-order valence-corrected chi connectivity index (χ0v) is 11.7. The van der Waals surface area contributed by atoms with Crippen LogP contribution in [-0.4, -0.2) is 5.78 Å². The molecule has 0 aliphatic carbocycles. The first-order chi connectivity index (χ1) is 9.61. The van der Waals surface area contributed by atoms with E-state index in [1.165, 1.54) is 6.07 Å². The van der Waals surface area contributed by atoms with Crippen molar-refractivity contribution in [1.82, 2.24) is 0 Å². The second-order valence-electron chi connectivity index (χ2n) is 4.67. The molecule has 0 heterocycles.